The zero-order valence-electron chi connectivity index (χ0n) is 19.8. The molecule has 1 aromatic heterocycles. The molecule has 0 saturated carbocycles. The fourth-order valence-corrected chi connectivity index (χ4v) is 3.73. The molecule has 0 aromatic carbocycles. The van der Waals surface area contributed by atoms with Crippen LogP contribution in [0.3, 0.4) is 0 Å². The highest BCUT2D eigenvalue weighted by Crippen LogP contribution is 2.15. The SMILES string of the molecule is CCNC(=NCc1ccnc(OC(C)CC(C)C)c1)NC1CCN(CC(=O)NC)CC1. The zero-order chi connectivity index (χ0) is 22.6. The lowest BCUT2D eigenvalue weighted by atomic mass is 10.1. The van der Waals surface area contributed by atoms with E-state index in [9.17, 15) is 4.79 Å². The van der Waals surface area contributed by atoms with Crippen molar-refractivity contribution in [3.05, 3.63) is 23.9 Å². The first-order valence-electron chi connectivity index (χ1n) is 11.5. The number of pyridine rings is 1. The summed E-state index contributed by atoms with van der Waals surface area (Å²) in [5, 5.41) is 9.57. The van der Waals surface area contributed by atoms with E-state index in [0.717, 1.165) is 50.4 Å². The van der Waals surface area contributed by atoms with Crippen LogP contribution in [0.4, 0.5) is 0 Å². The molecule has 0 radical (unpaired) electrons. The van der Waals surface area contributed by atoms with Crippen molar-refractivity contribution in [2.75, 3.05) is 33.2 Å². The summed E-state index contributed by atoms with van der Waals surface area (Å²) in [4.78, 5) is 22.9. The molecule has 1 aliphatic rings. The Labute approximate surface area is 187 Å². The standard InChI is InChI=1S/C23H40N6O2/c1-6-25-23(28-20-8-11-29(12-9-20)16-21(30)24-5)27-15-19-7-10-26-22(14-19)31-18(4)13-17(2)3/h7,10,14,17-18,20H,6,8-9,11-13,15-16H2,1-5H3,(H,24,30)(H2,25,27,28). The molecule has 3 N–H and O–H groups in total. The molecular formula is C23H40N6O2. The van der Waals surface area contributed by atoms with Crippen molar-refractivity contribution in [2.24, 2.45) is 10.9 Å². The monoisotopic (exact) mass is 432 g/mol. The number of likely N-dealkylation sites (tertiary alicyclic amines) is 1. The van der Waals surface area contributed by atoms with Gasteiger partial charge in [-0.1, -0.05) is 13.8 Å². The van der Waals surface area contributed by atoms with Gasteiger partial charge in [-0.2, -0.15) is 0 Å². The molecule has 0 aliphatic carbocycles. The number of aromatic nitrogens is 1. The van der Waals surface area contributed by atoms with Crippen molar-refractivity contribution in [1.29, 1.82) is 0 Å². The Hall–Kier alpha value is -2.35. The number of carbonyl (C=O) groups is 1. The maximum atomic E-state index is 11.6. The van der Waals surface area contributed by atoms with Crippen LogP contribution >= 0.6 is 0 Å². The number of likely N-dealkylation sites (N-methyl/N-ethyl adjacent to an activating group) is 1. The van der Waals surface area contributed by atoms with Gasteiger partial charge in [0, 0.05) is 45.0 Å². The molecule has 1 aliphatic heterocycles. The van der Waals surface area contributed by atoms with Crippen LogP contribution in [0, 0.1) is 5.92 Å². The van der Waals surface area contributed by atoms with E-state index < -0.39 is 0 Å². The van der Waals surface area contributed by atoms with Gasteiger partial charge in [0.05, 0.1) is 19.2 Å². The molecule has 0 bridgehead atoms. The number of aliphatic imine (C=N–C) groups is 1. The Bertz CT molecular complexity index is 701. The third-order valence-corrected chi connectivity index (χ3v) is 5.26. The largest absolute Gasteiger partial charge is 0.475 e. The van der Waals surface area contributed by atoms with Crippen LogP contribution in [0.15, 0.2) is 23.3 Å². The van der Waals surface area contributed by atoms with Crippen LogP contribution in [0.25, 0.3) is 0 Å². The number of hydrogen-bond acceptors (Lipinski definition) is 5. The van der Waals surface area contributed by atoms with E-state index in [0.29, 0.717) is 30.9 Å². The second-order valence-corrected chi connectivity index (χ2v) is 8.62. The quantitative estimate of drug-likeness (QED) is 0.388. The minimum atomic E-state index is 0.0700. The molecule has 31 heavy (non-hydrogen) atoms. The fraction of sp³-hybridized carbons (Fsp3) is 0.696. The average Bonchev–Trinajstić information content (AvgIpc) is 2.73. The van der Waals surface area contributed by atoms with Crippen molar-refractivity contribution < 1.29 is 9.53 Å². The molecule has 2 heterocycles. The van der Waals surface area contributed by atoms with Gasteiger partial charge < -0.3 is 20.7 Å². The molecule has 1 aromatic rings. The van der Waals surface area contributed by atoms with E-state index in [2.05, 4.69) is 53.5 Å². The Morgan fingerprint density at radius 3 is 2.71 bits per heavy atom. The molecular weight excluding hydrogens is 392 g/mol. The molecule has 2 rings (SSSR count). The summed E-state index contributed by atoms with van der Waals surface area (Å²) in [5.74, 6) is 2.13. The van der Waals surface area contributed by atoms with Crippen LogP contribution in [-0.2, 0) is 11.3 Å². The number of nitrogens with zero attached hydrogens (tertiary/aromatic N) is 3. The molecule has 1 amide bonds. The Morgan fingerprint density at radius 2 is 2.06 bits per heavy atom. The predicted molar refractivity (Wildman–Crippen MR) is 125 cm³/mol. The normalized spacial score (nSPS) is 16.8. The lowest BCUT2D eigenvalue weighted by Gasteiger charge is -2.32. The van der Waals surface area contributed by atoms with Gasteiger partial charge in [-0.15, -0.1) is 0 Å². The van der Waals surface area contributed by atoms with E-state index in [1.54, 1.807) is 13.2 Å². The number of nitrogens with one attached hydrogen (secondary N) is 3. The number of rotatable bonds is 10. The summed E-state index contributed by atoms with van der Waals surface area (Å²) in [7, 11) is 1.68. The summed E-state index contributed by atoms with van der Waals surface area (Å²) in [5.41, 5.74) is 1.07. The zero-order valence-corrected chi connectivity index (χ0v) is 19.8. The predicted octanol–water partition coefficient (Wildman–Crippen LogP) is 2.16. The van der Waals surface area contributed by atoms with Crippen molar-refractivity contribution in [3.63, 3.8) is 0 Å². The summed E-state index contributed by atoms with van der Waals surface area (Å²) in [6.07, 6.45) is 4.90. The summed E-state index contributed by atoms with van der Waals surface area (Å²) < 4.78 is 5.96. The highest BCUT2D eigenvalue weighted by Gasteiger charge is 2.21. The van der Waals surface area contributed by atoms with Crippen LogP contribution in [0.2, 0.25) is 0 Å². The topological polar surface area (TPSA) is 90.9 Å². The molecule has 0 spiro atoms. The third-order valence-electron chi connectivity index (χ3n) is 5.26. The molecule has 1 atom stereocenters. The summed E-state index contributed by atoms with van der Waals surface area (Å²) in [6, 6.07) is 4.30. The highest BCUT2D eigenvalue weighted by atomic mass is 16.5. The number of hydrogen-bond donors (Lipinski definition) is 3. The first kappa shape index (κ1) is 24.9. The lowest BCUT2D eigenvalue weighted by molar-refractivity contribution is -0.122. The second kappa shape index (κ2) is 13.1. The Morgan fingerprint density at radius 1 is 1.32 bits per heavy atom. The summed E-state index contributed by atoms with van der Waals surface area (Å²) in [6.45, 7) is 12.2. The van der Waals surface area contributed by atoms with E-state index in [4.69, 9.17) is 9.73 Å². The molecule has 1 saturated heterocycles. The highest BCUT2D eigenvalue weighted by molar-refractivity contribution is 5.80. The van der Waals surface area contributed by atoms with Gasteiger partial charge in [-0.05, 0) is 50.7 Å². The van der Waals surface area contributed by atoms with Crippen molar-refractivity contribution >= 4 is 11.9 Å². The van der Waals surface area contributed by atoms with Gasteiger partial charge in [0.15, 0.2) is 5.96 Å². The van der Waals surface area contributed by atoms with Crippen LogP contribution < -0.4 is 20.7 Å². The van der Waals surface area contributed by atoms with Crippen molar-refractivity contribution in [2.45, 2.75) is 65.6 Å². The lowest BCUT2D eigenvalue weighted by Crippen LogP contribution is -2.50. The number of guanidine groups is 1. The fourth-order valence-electron chi connectivity index (χ4n) is 3.73. The van der Waals surface area contributed by atoms with Gasteiger partial charge >= 0.3 is 0 Å². The summed E-state index contributed by atoms with van der Waals surface area (Å²) >= 11 is 0. The van der Waals surface area contributed by atoms with Crippen LogP contribution in [-0.4, -0.2) is 67.1 Å². The van der Waals surface area contributed by atoms with E-state index in [1.165, 1.54) is 0 Å². The van der Waals surface area contributed by atoms with Gasteiger partial charge in [0.1, 0.15) is 0 Å². The van der Waals surface area contributed by atoms with Gasteiger partial charge in [-0.25, -0.2) is 9.98 Å². The molecule has 8 nitrogen and oxygen atoms in total. The van der Waals surface area contributed by atoms with Gasteiger partial charge in [0.2, 0.25) is 11.8 Å². The van der Waals surface area contributed by atoms with Crippen molar-refractivity contribution in [3.8, 4) is 5.88 Å². The molecule has 1 fully saturated rings. The van der Waals surface area contributed by atoms with Gasteiger partial charge in [0.25, 0.3) is 0 Å². The number of ether oxygens (including phenoxy) is 1. The van der Waals surface area contributed by atoms with Crippen LogP contribution in [0.1, 0.15) is 52.5 Å². The second-order valence-electron chi connectivity index (χ2n) is 8.62. The Kier molecular flexibility index (Phi) is 10.6. The maximum absolute atomic E-state index is 11.6. The first-order valence-corrected chi connectivity index (χ1v) is 11.5. The molecule has 1 unspecified atom stereocenters. The van der Waals surface area contributed by atoms with Crippen molar-refractivity contribution in [1.82, 2.24) is 25.8 Å². The average molecular weight is 433 g/mol. The number of piperidine rings is 1. The third kappa shape index (κ3) is 9.55. The Balaban J connectivity index is 1.88. The first-order chi connectivity index (χ1) is 14.9. The minimum absolute atomic E-state index is 0.0700. The van der Waals surface area contributed by atoms with Crippen LogP contribution in [0.5, 0.6) is 5.88 Å². The minimum Gasteiger partial charge on any atom is -0.475 e. The number of amides is 1. The van der Waals surface area contributed by atoms with E-state index in [-0.39, 0.29) is 12.0 Å². The maximum Gasteiger partial charge on any atom is 0.233 e. The molecule has 174 valence electrons. The molecule has 8 heteroatoms. The van der Waals surface area contributed by atoms with E-state index >= 15 is 0 Å². The van der Waals surface area contributed by atoms with E-state index in [1.807, 2.05) is 12.1 Å². The number of carbonyl (C=O) groups excluding carboxylic acids is 1. The smallest absolute Gasteiger partial charge is 0.233 e. The van der Waals surface area contributed by atoms with Gasteiger partial charge in [-0.3, -0.25) is 9.69 Å².